The Hall–Kier alpha value is -3.44. The van der Waals surface area contributed by atoms with E-state index in [2.05, 4.69) is 15.2 Å². The molecule has 1 amide bonds. The van der Waals surface area contributed by atoms with Gasteiger partial charge < -0.3 is 14.8 Å². The summed E-state index contributed by atoms with van der Waals surface area (Å²) in [7, 11) is 0. The Morgan fingerprint density at radius 2 is 1.87 bits per heavy atom. The maximum Gasteiger partial charge on any atom is 0.387 e. The first-order chi connectivity index (χ1) is 14.7. The predicted molar refractivity (Wildman–Crippen MR) is 107 cm³/mol. The number of rotatable bonds is 8. The van der Waals surface area contributed by atoms with E-state index < -0.39 is 17.4 Å². The molecule has 0 unspecified atom stereocenters. The van der Waals surface area contributed by atoms with E-state index in [1.165, 1.54) is 47.3 Å². The molecule has 0 saturated heterocycles. The van der Waals surface area contributed by atoms with Gasteiger partial charge in [-0.25, -0.2) is 4.68 Å². The smallest absolute Gasteiger partial charge is 0.387 e. The number of nitrogens with zero attached hydrogens (tertiary/aromatic N) is 3. The van der Waals surface area contributed by atoms with Gasteiger partial charge in [-0.1, -0.05) is 23.2 Å². The highest BCUT2D eigenvalue weighted by molar-refractivity contribution is 6.32. The monoisotopic (exact) mass is 472 g/mol. The van der Waals surface area contributed by atoms with Gasteiger partial charge in [0.25, 0.3) is 11.6 Å². The molecule has 9 nitrogen and oxygen atoms in total. The Labute approximate surface area is 183 Å². The lowest BCUT2D eigenvalue weighted by Gasteiger charge is -2.09. The molecule has 162 valence electrons. The Bertz CT molecular complexity index is 1130. The van der Waals surface area contributed by atoms with Crippen molar-refractivity contribution >= 4 is 40.5 Å². The first-order valence-corrected chi connectivity index (χ1v) is 9.14. The summed E-state index contributed by atoms with van der Waals surface area (Å²) in [6, 6.07) is 8.97. The van der Waals surface area contributed by atoms with Crippen molar-refractivity contribution in [1.29, 1.82) is 0 Å². The maximum atomic E-state index is 12.3. The summed E-state index contributed by atoms with van der Waals surface area (Å²) < 4.78 is 35.5. The minimum Gasteiger partial charge on any atom is -0.470 e. The average molecular weight is 473 g/mol. The molecule has 0 bridgehead atoms. The number of nitro benzene ring substituents is 1. The Kier molecular flexibility index (Phi) is 6.88. The van der Waals surface area contributed by atoms with E-state index in [0.717, 1.165) is 6.07 Å². The van der Waals surface area contributed by atoms with Crippen LogP contribution in [-0.2, 0) is 6.73 Å². The fraction of sp³-hybridized carbons (Fsp3) is 0.111. The molecule has 1 aromatic heterocycles. The standard InChI is InChI=1S/C18H12Cl2F2N4O5/c19-12-7-10(1-3-16(12)31-18(21)22)23-17(27)14-5-6-25(24-14)9-30-15-4-2-11(26(28)29)8-13(15)20/h1-8,18H,9H2,(H,23,27). The van der Waals surface area contributed by atoms with E-state index in [1.807, 2.05) is 0 Å². The SMILES string of the molecule is O=C(Nc1ccc(OC(F)F)c(Cl)c1)c1ccn(COc2ccc([N+](=O)[O-])cc2Cl)n1. The zero-order chi connectivity index (χ0) is 22.5. The topological polar surface area (TPSA) is 109 Å². The number of amides is 1. The maximum absolute atomic E-state index is 12.3. The van der Waals surface area contributed by atoms with Gasteiger partial charge in [-0.2, -0.15) is 13.9 Å². The van der Waals surface area contributed by atoms with Gasteiger partial charge in [-0.05, 0) is 30.3 Å². The van der Waals surface area contributed by atoms with Crippen molar-refractivity contribution in [3.05, 3.63) is 74.5 Å². The van der Waals surface area contributed by atoms with Crippen LogP contribution in [0.4, 0.5) is 20.2 Å². The quantitative estimate of drug-likeness (QED) is 0.365. The molecule has 0 aliphatic rings. The summed E-state index contributed by atoms with van der Waals surface area (Å²) >= 11 is 11.8. The van der Waals surface area contributed by atoms with Crippen LogP contribution in [-0.4, -0.2) is 27.2 Å². The van der Waals surface area contributed by atoms with Crippen molar-refractivity contribution in [1.82, 2.24) is 9.78 Å². The number of halogens is 4. The number of benzene rings is 2. The second-order valence-corrected chi connectivity index (χ2v) is 6.68. The highest BCUT2D eigenvalue weighted by atomic mass is 35.5. The van der Waals surface area contributed by atoms with Crippen molar-refractivity contribution in [2.45, 2.75) is 13.3 Å². The molecule has 31 heavy (non-hydrogen) atoms. The van der Waals surface area contributed by atoms with E-state index >= 15 is 0 Å². The molecule has 1 N–H and O–H groups in total. The first kappa shape index (κ1) is 22.2. The number of carbonyl (C=O) groups is 1. The van der Waals surface area contributed by atoms with Crippen LogP contribution in [0.3, 0.4) is 0 Å². The number of alkyl halides is 2. The van der Waals surface area contributed by atoms with Crippen LogP contribution in [0.25, 0.3) is 0 Å². The zero-order valence-electron chi connectivity index (χ0n) is 15.3. The Balaban J connectivity index is 1.61. The number of nitrogens with one attached hydrogen (secondary N) is 1. The van der Waals surface area contributed by atoms with Gasteiger partial charge in [0.15, 0.2) is 12.4 Å². The second kappa shape index (κ2) is 9.58. The lowest BCUT2D eigenvalue weighted by molar-refractivity contribution is -0.384. The summed E-state index contributed by atoms with van der Waals surface area (Å²) in [5.74, 6) is -0.596. The molecule has 0 fully saturated rings. The van der Waals surface area contributed by atoms with Crippen LogP contribution in [0.5, 0.6) is 11.5 Å². The average Bonchev–Trinajstić information content (AvgIpc) is 3.18. The van der Waals surface area contributed by atoms with E-state index in [-0.39, 0.29) is 45.3 Å². The van der Waals surface area contributed by atoms with Crippen molar-refractivity contribution < 1.29 is 28.0 Å². The van der Waals surface area contributed by atoms with Crippen LogP contribution < -0.4 is 14.8 Å². The molecule has 0 atom stereocenters. The highest BCUT2D eigenvalue weighted by Crippen LogP contribution is 2.30. The van der Waals surface area contributed by atoms with E-state index in [4.69, 9.17) is 27.9 Å². The summed E-state index contributed by atoms with van der Waals surface area (Å²) in [6.45, 7) is -3.14. The van der Waals surface area contributed by atoms with Gasteiger partial charge in [-0.15, -0.1) is 0 Å². The van der Waals surface area contributed by atoms with Gasteiger partial charge >= 0.3 is 6.61 Å². The lowest BCUT2D eigenvalue weighted by Crippen LogP contribution is -2.14. The third kappa shape index (κ3) is 5.80. The van der Waals surface area contributed by atoms with Crippen LogP contribution in [0, 0.1) is 10.1 Å². The molecule has 3 rings (SSSR count). The fourth-order valence-corrected chi connectivity index (χ4v) is 2.83. The number of hydrogen-bond donors (Lipinski definition) is 1. The molecular formula is C18H12Cl2F2N4O5. The molecule has 0 spiro atoms. The first-order valence-electron chi connectivity index (χ1n) is 8.39. The van der Waals surface area contributed by atoms with Gasteiger partial charge in [0.1, 0.15) is 11.5 Å². The highest BCUT2D eigenvalue weighted by Gasteiger charge is 2.14. The van der Waals surface area contributed by atoms with Crippen LogP contribution in [0.1, 0.15) is 10.5 Å². The lowest BCUT2D eigenvalue weighted by atomic mass is 10.3. The molecule has 13 heteroatoms. The number of anilines is 1. The zero-order valence-corrected chi connectivity index (χ0v) is 16.8. The molecule has 0 radical (unpaired) electrons. The van der Waals surface area contributed by atoms with Crippen molar-refractivity contribution in [2.75, 3.05) is 5.32 Å². The molecule has 0 saturated carbocycles. The number of nitro groups is 1. The summed E-state index contributed by atoms with van der Waals surface area (Å²) in [5, 5.41) is 17.3. The number of hydrogen-bond acceptors (Lipinski definition) is 6. The van der Waals surface area contributed by atoms with E-state index in [9.17, 15) is 23.7 Å². The number of ether oxygens (including phenoxy) is 2. The molecule has 2 aromatic carbocycles. The van der Waals surface area contributed by atoms with Crippen LogP contribution >= 0.6 is 23.2 Å². The van der Waals surface area contributed by atoms with Gasteiger partial charge in [0.05, 0.1) is 15.0 Å². The van der Waals surface area contributed by atoms with E-state index in [1.54, 1.807) is 0 Å². The Morgan fingerprint density at radius 1 is 1.16 bits per heavy atom. The predicted octanol–water partition coefficient (Wildman–Crippen LogP) is 4.99. The number of aromatic nitrogens is 2. The normalized spacial score (nSPS) is 10.7. The molecule has 3 aromatic rings. The van der Waals surface area contributed by atoms with Gasteiger partial charge in [-0.3, -0.25) is 14.9 Å². The second-order valence-electron chi connectivity index (χ2n) is 5.86. The van der Waals surface area contributed by atoms with E-state index in [0.29, 0.717) is 0 Å². The summed E-state index contributed by atoms with van der Waals surface area (Å²) in [4.78, 5) is 22.5. The summed E-state index contributed by atoms with van der Waals surface area (Å²) in [5.41, 5.74) is 0.117. The minimum atomic E-state index is -3.02. The van der Waals surface area contributed by atoms with Gasteiger partial charge in [0, 0.05) is 24.0 Å². The number of carbonyl (C=O) groups excluding carboxylic acids is 1. The largest absolute Gasteiger partial charge is 0.470 e. The molecule has 0 aliphatic heterocycles. The van der Waals surface area contributed by atoms with Crippen LogP contribution in [0.2, 0.25) is 10.0 Å². The third-order valence-corrected chi connectivity index (χ3v) is 4.35. The molecular weight excluding hydrogens is 461 g/mol. The summed E-state index contributed by atoms with van der Waals surface area (Å²) in [6.07, 6.45) is 1.47. The van der Waals surface area contributed by atoms with Crippen molar-refractivity contribution in [3.8, 4) is 11.5 Å². The van der Waals surface area contributed by atoms with Crippen molar-refractivity contribution in [2.24, 2.45) is 0 Å². The molecule has 0 aliphatic carbocycles. The molecule has 1 heterocycles. The third-order valence-electron chi connectivity index (χ3n) is 3.76. The van der Waals surface area contributed by atoms with Crippen LogP contribution in [0.15, 0.2) is 48.7 Å². The van der Waals surface area contributed by atoms with Gasteiger partial charge in [0.2, 0.25) is 0 Å². The Morgan fingerprint density at radius 3 is 2.52 bits per heavy atom. The number of non-ortho nitro benzene ring substituents is 1. The minimum absolute atomic E-state index is 0.0439. The fourth-order valence-electron chi connectivity index (χ4n) is 2.38. The van der Waals surface area contributed by atoms with Crippen molar-refractivity contribution in [3.63, 3.8) is 0 Å².